The molecular weight excluding hydrogens is 150 g/mol. The van der Waals surface area contributed by atoms with Crippen molar-refractivity contribution in [2.24, 2.45) is 0 Å². The predicted molar refractivity (Wildman–Crippen MR) is 54.0 cm³/mol. The van der Waals surface area contributed by atoms with Crippen LogP contribution in [0.15, 0.2) is 24.3 Å². The second kappa shape index (κ2) is 9.95. The standard InChI is InChI=1S/C8H13NO.C2H6/c1-4-6-7(3)8(10)9-5-2;1-2/h4,6H,1,5H2,2-3H3,(H,9,10);1-2H3/b7-6+;. The van der Waals surface area contributed by atoms with E-state index in [1.807, 2.05) is 20.8 Å². The molecule has 0 unspecified atom stereocenters. The van der Waals surface area contributed by atoms with Crippen molar-refractivity contribution in [2.75, 3.05) is 6.54 Å². The summed E-state index contributed by atoms with van der Waals surface area (Å²) in [5.74, 6) is -0.0256. The number of rotatable bonds is 3. The van der Waals surface area contributed by atoms with Gasteiger partial charge in [0.1, 0.15) is 0 Å². The van der Waals surface area contributed by atoms with E-state index in [2.05, 4.69) is 11.9 Å². The molecule has 0 spiro atoms. The van der Waals surface area contributed by atoms with Gasteiger partial charge in [0.15, 0.2) is 0 Å². The van der Waals surface area contributed by atoms with Crippen molar-refractivity contribution < 1.29 is 4.79 Å². The van der Waals surface area contributed by atoms with Gasteiger partial charge < -0.3 is 5.32 Å². The van der Waals surface area contributed by atoms with Gasteiger partial charge >= 0.3 is 0 Å². The normalized spacial score (nSPS) is 9.50. The Hall–Kier alpha value is -1.05. The predicted octanol–water partition coefficient (Wildman–Crippen LogP) is 2.28. The zero-order valence-corrected chi connectivity index (χ0v) is 8.48. The van der Waals surface area contributed by atoms with E-state index in [1.54, 1.807) is 19.1 Å². The summed E-state index contributed by atoms with van der Waals surface area (Å²) in [6.45, 7) is 11.8. The molecule has 12 heavy (non-hydrogen) atoms. The minimum Gasteiger partial charge on any atom is -0.353 e. The van der Waals surface area contributed by atoms with E-state index >= 15 is 0 Å². The molecular formula is C10H19NO. The molecule has 70 valence electrons. The van der Waals surface area contributed by atoms with Crippen molar-refractivity contribution in [3.8, 4) is 0 Å². The van der Waals surface area contributed by atoms with Crippen molar-refractivity contribution in [3.05, 3.63) is 24.3 Å². The molecule has 0 radical (unpaired) electrons. The molecule has 0 aliphatic heterocycles. The molecule has 0 aromatic rings. The summed E-state index contributed by atoms with van der Waals surface area (Å²) in [5, 5.41) is 2.68. The Morgan fingerprint density at radius 2 is 2.00 bits per heavy atom. The molecule has 0 bridgehead atoms. The number of allylic oxidation sites excluding steroid dienone is 2. The second-order valence-electron chi connectivity index (χ2n) is 1.94. The number of amides is 1. The maximum Gasteiger partial charge on any atom is 0.246 e. The lowest BCUT2D eigenvalue weighted by atomic mass is 10.2. The lowest BCUT2D eigenvalue weighted by Crippen LogP contribution is -2.23. The smallest absolute Gasteiger partial charge is 0.246 e. The van der Waals surface area contributed by atoms with Gasteiger partial charge in [0.2, 0.25) is 5.91 Å². The van der Waals surface area contributed by atoms with Crippen molar-refractivity contribution in [2.45, 2.75) is 27.7 Å². The zero-order valence-electron chi connectivity index (χ0n) is 8.48. The number of carbonyl (C=O) groups excluding carboxylic acids is 1. The fraction of sp³-hybridized carbons (Fsp3) is 0.500. The van der Waals surface area contributed by atoms with Gasteiger partial charge in [-0.15, -0.1) is 0 Å². The molecule has 0 aromatic carbocycles. The van der Waals surface area contributed by atoms with Crippen molar-refractivity contribution >= 4 is 5.91 Å². The average molecular weight is 169 g/mol. The van der Waals surface area contributed by atoms with E-state index in [9.17, 15) is 4.79 Å². The number of likely N-dealkylation sites (N-methyl/N-ethyl adjacent to an activating group) is 1. The van der Waals surface area contributed by atoms with Crippen LogP contribution in [0.5, 0.6) is 0 Å². The van der Waals surface area contributed by atoms with Gasteiger partial charge in [0.05, 0.1) is 0 Å². The molecule has 0 rings (SSSR count). The highest BCUT2D eigenvalue weighted by Gasteiger charge is 1.98. The first-order valence-electron chi connectivity index (χ1n) is 4.30. The van der Waals surface area contributed by atoms with Crippen LogP contribution in [-0.4, -0.2) is 12.5 Å². The van der Waals surface area contributed by atoms with Gasteiger partial charge in [-0.3, -0.25) is 4.79 Å². The van der Waals surface area contributed by atoms with Gasteiger partial charge in [-0.25, -0.2) is 0 Å². The van der Waals surface area contributed by atoms with Crippen LogP contribution >= 0.6 is 0 Å². The van der Waals surface area contributed by atoms with Crippen LogP contribution in [0.2, 0.25) is 0 Å². The van der Waals surface area contributed by atoms with Crippen LogP contribution in [0.4, 0.5) is 0 Å². The average Bonchev–Trinajstić information content (AvgIpc) is 2.09. The van der Waals surface area contributed by atoms with Crippen LogP contribution in [0, 0.1) is 0 Å². The van der Waals surface area contributed by atoms with E-state index < -0.39 is 0 Å². The molecule has 0 heterocycles. The van der Waals surface area contributed by atoms with Crippen LogP contribution in [0.1, 0.15) is 27.7 Å². The molecule has 0 saturated heterocycles. The molecule has 0 aliphatic rings. The molecule has 1 N–H and O–H groups in total. The van der Waals surface area contributed by atoms with E-state index in [0.717, 1.165) is 0 Å². The highest BCUT2D eigenvalue weighted by atomic mass is 16.1. The monoisotopic (exact) mass is 169 g/mol. The molecule has 2 heteroatoms. The largest absolute Gasteiger partial charge is 0.353 e. The zero-order chi connectivity index (χ0) is 9.98. The molecule has 1 amide bonds. The van der Waals surface area contributed by atoms with Gasteiger partial charge in [-0.2, -0.15) is 0 Å². The third-order valence-electron chi connectivity index (χ3n) is 1.06. The Balaban J connectivity index is 0. The Morgan fingerprint density at radius 3 is 2.33 bits per heavy atom. The molecule has 0 saturated carbocycles. The summed E-state index contributed by atoms with van der Waals surface area (Å²) in [6.07, 6.45) is 3.29. The van der Waals surface area contributed by atoms with Crippen molar-refractivity contribution in [1.29, 1.82) is 0 Å². The Kier molecular flexibility index (Phi) is 11.2. The molecule has 0 fully saturated rings. The van der Waals surface area contributed by atoms with Gasteiger partial charge in [-0.1, -0.05) is 32.6 Å². The minimum atomic E-state index is -0.0256. The SMILES string of the molecule is C=C/C=C(\C)C(=O)NCC.CC. The summed E-state index contributed by atoms with van der Waals surface area (Å²) >= 11 is 0. The Bertz CT molecular complexity index is 159. The number of nitrogens with one attached hydrogen (secondary N) is 1. The quantitative estimate of drug-likeness (QED) is 0.509. The molecule has 0 atom stereocenters. The fourth-order valence-electron chi connectivity index (χ4n) is 0.552. The highest BCUT2D eigenvalue weighted by molar-refractivity contribution is 5.92. The maximum atomic E-state index is 10.9. The number of carbonyl (C=O) groups is 1. The molecule has 0 aromatic heterocycles. The summed E-state index contributed by atoms with van der Waals surface area (Å²) in [4.78, 5) is 10.9. The van der Waals surface area contributed by atoms with E-state index in [0.29, 0.717) is 12.1 Å². The summed E-state index contributed by atoms with van der Waals surface area (Å²) < 4.78 is 0. The number of hydrogen-bond donors (Lipinski definition) is 1. The topological polar surface area (TPSA) is 29.1 Å². The highest BCUT2D eigenvalue weighted by Crippen LogP contribution is 1.90. The van der Waals surface area contributed by atoms with E-state index in [4.69, 9.17) is 0 Å². The van der Waals surface area contributed by atoms with Gasteiger partial charge in [-0.05, 0) is 13.8 Å². The first-order valence-corrected chi connectivity index (χ1v) is 4.30. The van der Waals surface area contributed by atoms with Crippen LogP contribution in [0.3, 0.4) is 0 Å². The summed E-state index contributed by atoms with van der Waals surface area (Å²) in [5.41, 5.74) is 0.692. The van der Waals surface area contributed by atoms with E-state index in [1.165, 1.54) is 0 Å². The fourth-order valence-corrected chi connectivity index (χ4v) is 0.552. The Labute approximate surface area is 75.4 Å². The van der Waals surface area contributed by atoms with Crippen molar-refractivity contribution in [3.63, 3.8) is 0 Å². The van der Waals surface area contributed by atoms with Crippen LogP contribution in [-0.2, 0) is 4.79 Å². The van der Waals surface area contributed by atoms with E-state index in [-0.39, 0.29) is 5.91 Å². The van der Waals surface area contributed by atoms with Gasteiger partial charge in [0, 0.05) is 12.1 Å². The lowest BCUT2D eigenvalue weighted by Gasteiger charge is -1.99. The number of hydrogen-bond acceptors (Lipinski definition) is 1. The third-order valence-corrected chi connectivity index (χ3v) is 1.06. The Morgan fingerprint density at radius 1 is 1.50 bits per heavy atom. The van der Waals surface area contributed by atoms with Crippen LogP contribution in [0.25, 0.3) is 0 Å². The third kappa shape index (κ3) is 7.06. The molecule has 0 aliphatic carbocycles. The minimum absolute atomic E-state index is 0.0256. The molecule has 2 nitrogen and oxygen atoms in total. The second-order valence-corrected chi connectivity index (χ2v) is 1.94. The van der Waals surface area contributed by atoms with Crippen LogP contribution < -0.4 is 5.32 Å². The summed E-state index contributed by atoms with van der Waals surface area (Å²) in [6, 6.07) is 0. The summed E-state index contributed by atoms with van der Waals surface area (Å²) in [7, 11) is 0. The van der Waals surface area contributed by atoms with Crippen molar-refractivity contribution in [1.82, 2.24) is 5.32 Å². The lowest BCUT2D eigenvalue weighted by molar-refractivity contribution is -0.117. The maximum absolute atomic E-state index is 10.9. The first-order chi connectivity index (χ1) is 5.72. The van der Waals surface area contributed by atoms with Gasteiger partial charge in [0.25, 0.3) is 0 Å². The first kappa shape index (κ1) is 13.5.